The van der Waals surface area contributed by atoms with Crippen LogP contribution in [0, 0.1) is 0 Å². The zero-order valence-electron chi connectivity index (χ0n) is 18.5. The number of hydrogen-bond acceptors (Lipinski definition) is 6. The van der Waals surface area contributed by atoms with E-state index in [1.165, 1.54) is 5.69 Å². The van der Waals surface area contributed by atoms with Gasteiger partial charge in [-0.1, -0.05) is 12.1 Å². The van der Waals surface area contributed by atoms with Crippen LogP contribution in [0.4, 0.5) is 17.2 Å². The van der Waals surface area contributed by atoms with Crippen LogP contribution in [0.2, 0.25) is 0 Å². The first-order valence-electron chi connectivity index (χ1n) is 11.1. The standard InChI is InChI=1S/C25H26N6O2/c1-2-26-25(32)19-5-3-4-18(16-19)22-17-31-11-10-27-24(31)23(29-22)28-20-6-8-21(9-7-20)30-12-14-33-15-13-30/h3-11,16-17H,2,12-15H2,1H3,(H,26,32)(H,28,29). The lowest BCUT2D eigenvalue weighted by atomic mass is 10.1. The number of nitrogens with zero attached hydrogens (tertiary/aromatic N) is 4. The molecule has 4 aromatic rings. The Morgan fingerprint density at radius 2 is 1.94 bits per heavy atom. The van der Waals surface area contributed by atoms with Crippen molar-refractivity contribution in [3.8, 4) is 11.3 Å². The molecule has 5 rings (SSSR count). The number of hydrogen-bond donors (Lipinski definition) is 2. The van der Waals surface area contributed by atoms with E-state index in [0.717, 1.165) is 48.9 Å². The van der Waals surface area contributed by atoms with E-state index in [-0.39, 0.29) is 5.91 Å². The monoisotopic (exact) mass is 442 g/mol. The number of carbonyl (C=O) groups is 1. The second-order valence-electron chi connectivity index (χ2n) is 7.84. The molecule has 0 spiro atoms. The van der Waals surface area contributed by atoms with Crippen LogP contribution in [0.25, 0.3) is 16.9 Å². The number of amides is 1. The summed E-state index contributed by atoms with van der Waals surface area (Å²) in [6.45, 7) is 5.81. The summed E-state index contributed by atoms with van der Waals surface area (Å²) in [6.07, 6.45) is 5.56. The summed E-state index contributed by atoms with van der Waals surface area (Å²) in [5, 5.41) is 6.25. The minimum Gasteiger partial charge on any atom is -0.378 e. The Hall–Kier alpha value is -3.91. The van der Waals surface area contributed by atoms with Crippen molar-refractivity contribution in [3.05, 3.63) is 72.7 Å². The highest BCUT2D eigenvalue weighted by Gasteiger charge is 2.13. The third-order valence-corrected chi connectivity index (χ3v) is 5.64. The van der Waals surface area contributed by atoms with Crippen molar-refractivity contribution in [2.24, 2.45) is 0 Å². The van der Waals surface area contributed by atoms with E-state index in [1.807, 2.05) is 54.0 Å². The molecule has 2 aromatic carbocycles. The van der Waals surface area contributed by atoms with Crippen LogP contribution in [0.1, 0.15) is 17.3 Å². The van der Waals surface area contributed by atoms with Gasteiger partial charge in [0.05, 0.1) is 18.9 Å². The molecule has 1 saturated heterocycles. The second kappa shape index (κ2) is 9.30. The SMILES string of the molecule is CCNC(=O)c1cccc(-c2cn3ccnc3c(Nc3ccc(N4CCOCC4)cc3)n2)c1. The van der Waals surface area contributed by atoms with Gasteiger partial charge in [0.15, 0.2) is 11.5 Å². The molecule has 1 aliphatic rings. The van der Waals surface area contributed by atoms with Crippen LogP contribution in [-0.2, 0) is 4.74 Å². The first-order valence-corrected chi connectivity index (χ1v) is 11.1. The number of benzene rings is 2. The summed E-state index contributed by atoms with van der Waals surface area (Å²) in [4.78, 5) is 23.9. The summed E-state index contributed by atoms with van der Waals surface area (Å²) in [5.74, 6) is 0.557. The van der Waals surface area contributed by atoms with E-state index in [2.05, 4.69) is 32.7 Å². The quantitative estimate of drug-likeness (QED) is 0.474. The van der Waals surface area contributed by atoms with Crippen molar-refractivity contribution in [2.45, 2.75) is 6.92 Å². The van der Waals surface area contributed by atoms with Gasteiger partial charge in [-0.25, -0.2) is 9.97 Å². The minimum absolute atomic E-state index is 0.0956. The number of rotatable bonds is 6. The summed E-state index contributed by atoms with van der Waals surface area (Å²) in [7, 11) is 0. The van der Waals surface area contributed by atoms with Crippen LogP contribution in [-0.4, -0.2) is 53.1 Å². The average molecular weight is 443 g/mol. The first-order chi connectivity index (χ1) is 16.2. The lowest BCUT2D eigenvalue weighted by Crippen LogP contribution is -2.36. The van der Waals surface area contributed by atoms with Crippen molar-refractivity contribution in [1.82, 2.24) is 19.7 Å². The zero-order valence-corrected chi connectivity index (χ0v) is 18.5. The molecule has 8 heteroatoms. The molecule has 0 radical (unpaired) electrons. The van der Waals surface area contributed by atoms with Gasteiger partial charge in [0.1, 0.15) is 0 Å². The van der Waals surface area contributed by atoms with Crippen LogP contribution >= 0.6 is 0 Å². The van der Waals surface area contributed by atoms with Gasteiger partial charge in [-0.3, -0.25) is 4.79 Å². The highest BCUT2D eigenvalue weighted by atomic mass is 16.5. The van der Waals surface area contributed by atoms with Crippen LogP contribution in [0.5, 0.6) is 0 Å². The topological polar surface area (TPSA) is 83.8 Å². The van der Waals surface area contributed by atoms with E-state index in [1.54, 1.807) is 12.3 Å². The maximum absolute atomic E-state index is 12.3. The molecule has 8 nitrogen and oxygen atoms in total. The van der Waals surface area contributed by atoms with Gasteiger partial charge < -0.3 is 24.7 Å². The van der Waals surface area contributed by atoms with Gasteiger partial charge in [-0.15, -0.1) is 0 Å². The molecule has 3 heterocycles. The van der Waals surface area contributed by atoms with Gasteiger partial charge in [-0.05, 0) is 43.3 Å². The highest BCUT2D eigenvalue weighted by Crippen LogP contribution is 2.26. The number of anilines is 3. The maximum Gasteiger partial charge on any atom is 0.251 e. The summed E-state index contributed by atoms with van der Waals surface area (Å²) < 4.78 is 7.38. The molecule has 0 saturated carbocycles. The molecular formula is C25H26N6O2. The predicted molar refractivity (Wildman–Crippen MR) is 129 cm³/mol. The number of ether oxygens (including phenoxy) is 1. The third kappa shape index (κ3) is 4.51. The molecule has 2 aromatic heterocycles. The van der Waals surface area contributed by atoms with Gasteiger partial charge in [0, 0.05) is 60.7 Å². The molecule has 0 atom stereocenters. The number of morpholine rings is 1. The molecule has 1 fully saturated rings. The Morgan fingerprint density at radius 1 is 1.12 bits per heavy atom. The van der Waals surface area contributed by atoms with E-state index >= 15 is 0 Å². The lowest BCUT2D eigenvalue weighted by molar-refractivity contribution is 0.0956. The molecule has 2 N–H and O–H groups in total. The molecule has 168 valence electrons. The Morgan fingerprint density at radius 3 is 2.73 bits per heavy atom. The van der Waals surface area contributed by atoms with Crippen molar-refractivity contribution >= 4 is 28.7 Å². The summed E-state index contributed by atoms with van der Waals surface area (Å²) in [5.41, 5.74) is 5.06. The smallest absolute Gasteiger partial charge is 0.251 e. The summed E-state index contributed by atoms with van der Waals surface area (Å²) in [6, 6.07) is 15.8. The predicted octanol–water partition coefficient (Wildman–Crippen LogP) is 3.73. The van der Waals surface area contributed by atoms with Crippen molar-refractivity contribution in [3.63, 3.8) is 0 Å². The lowest BCUT2D eigenvalue weighted by Gasteiger charge is -2.28. The Labute approximate surface area is 192 Å². The molecule has 1 amide bonds. The largest absolute Gasteiger partial charge is 0.378 e. The number of imidazole rings is 1. The van der Waals surface area contributed by atoms with Crippen LogP contribution in [0.15, 0.2) is 67.1 Å². The zero-order chi connectivity index (χ0) is 22.6. The van der Waals surface area contributed by atoms with Crippen molar-refractivity contribution in [1.29, 1.82) is 0 Å². The highest BCUT2D eigenvalue weighted by molar-refractivity contribution is 5.95. The van der Waals surface area contributed by atoms with E-state index in [9.17, 15) is 4.79 Å². The molecule has 0 unspecified atom stereocenters. The Bertz CT molecular complexity index is 1260. The maximum atomic E-state index is 12.3. The summed E-state index contributed by atoms with van der Waals surface area (Å²) >= 11 is 0. The van der Waals surface area contributed by atoms with Gasteiger partial charge >= 0.3 is 0 Å². The fraction of sp³-hybridized carbons (Fsp3) is 0.240. The van der Waals surface area contributed by atoms with Gasteiger partial charge in [0.2, 0.25) is 0 Å². The molecule has 0 aliphatic carbocycles. The van der Waals surface area contributed by atoms with E-state index in [4.69, 9.17) is 9.72 Å². The van der Waals surface area contributed by atoms with Gasteiger partial charge in [0.25, 0.3) is 5.91 Å². The number of carbonyl (C=O) groups excluding carboxylic acids is 1. The fourth-order valence-corrected chi connectivity index (χ4v) is 3.95. The molecule has 0 bridgehead atoms. The van der Waals surface area contributed by atoms with Gasteiger partial charge in [-0.2, -0.15) is 0 Å². The molecule has 1 aliphatic heterocycles. The van der Waals surface area contributed by atoms with Crippen LogP contribution < -0.4 is 15.5 Å². The van der Waals surface area contributed by atoms with E-state index in [0.29, 0.717) is 17.9 Å². The Kier molecular flexibility index (Phi) is 5.91. The number of nitrogens with one attached hydrogen (secondary N) is 2. The van der Waals surface area contributed by atoms with Crippen LogP contribution in [0.3, 0.4) is 0 Å². The molecular weight excluding hydrogens is 416 g/mol. The average Bonchev–Trinajstić information content (AvgIpc) is 3.34. The fourth-order valence-electron chi connectivity index (χ4n) is 3.95. The third-order valence-electron chi connectivity index (χ3n) is 5.64. The molecule has 33 heavy (non-hydrogen) atoms. The van der Waals surface area contributed by atoms with E-state index < -0.39 is 0 Å². The normalized spacial score (nSPS) is 13.8. The van der Waals surface area contributed by atoms with Crippen molar-refractivity contribution in [2.75, 3.05) is 43.1 Å². The number of fused-ring (bicyclic) bond motifs is 1. The Balaban J connectivity index is 1.44. The number of aromatic nitrogens is 3. The minimum atomic E-state index is -0.0956. The second-order valence-corrected chi connectivity index (χ2v) is 7.84. The van der Waals surface area contributed by atoms with Crippen molar-refractivity contribution < 1.29 is 9.53 Å². The first kappa shape index (κ1) is 21.0.